The van der Waals surface area contributed by atoms with E-state index in [1.54, 1.807) is 0 Å². The minimum atomic E-state index is 0.0554. The third kappa shape index (κ3) is 3.16. The molecule has 1 saturated carbocycles. The third-order valence-electron chi connectivity index (χ3n) is 4.22. The molecule has 2 rings (SSSR count). The molecular formula is C16H24N2O. The van der Waals surface area contributed by atoms with E-state index in [4.69, 9.17) is 0 Å². The summed E-state index contributed by atoms with van der Waals surface area (Å²) in [6.45, 7) is 5.81. The van der Waals surface area contributed by atoms with Gasteiger partial charge in [-0.05, 0) is 45.4 Å². The topological polar surface area (TPSA) is 41.1 Å². The van der Waals surface area contributed by atoms with Gasteiger partial charge < -0.3 is 10.6 Å². The van der Waals surface area contributed by atoms with Crippen molar-refractivity contribution in [3.63, 3.8) is 0 Å². The zero-order valence-electron chi connectivity index (χ0n) is 12.2. The van der Waals surface area contributed by atoms with Crippen molar-refractivity contribution < 1.29 is 4.79 Å². The van der Waals surface area contributed by atoms with Gasteiger partial charge in [-0.2, -0.15) is 0 Å². The first-order valence-corrected chi connectivity index (χ1v) is 7.06. The van der Waals surface area contributed by atoms with Gasteiger partial charge in [0.15, 0.2) is 0 Å². The first-order chi connectivity index (χ1) is 9.06. The van der Waals surface area contributed by atoms with Crippen molar-refractivity contribution in [3.05, 3.63) is 34.9 Å². The van der Waals surface area contributed by atoms with Crippen LogP contribution in [0.25, 0.3) is 0 Å². The molecule has 1 fully saturated rings. The number of amides is 1. The highest BCUT2D eigenvalue weighted by Gasteiger charge is 2.36. The van der Waals surface area contributed by atoms with Gasteiger partial charge in [0, 0.05) is 24.1 Å². The molecule has 19 heavy (non-hydrogen) atoms. The summed E-state index contributed by atoms with van der Waals surface area (Å²) in [5.74, 6) is 0.0554. The predicted molar refractivity (Wildman–Crippen MR) is 78.5 cm³/mol. The number of nitrogens with one attached hydrogen (secondary N) is 2. The molecule has 0 atom stereocenters. The lowest BCUT2D eigenvalue weighted by Gasteiger charge is -2.42. The SMILES string of the molecule is CNCC1(CNC(=O)c2ccc(C)cc2C)CCC1. The number of aryl methyl sites for hydroxylation is 2. The minimum Gasteiger partial charge on any atom is -0.351 e. The second-order valence-corrected chi connectivity index (χ2v) is 5.88. The fourth-order valence-electron chi connectivity index (χ4n) is 2.90. The summed E-state index contributed by atoms with van der Waals surface area (Å²) in [4.78, 5) is 12.2. The summed E-state index contributed by atoms with van der Waals surface area (Å²) in [5.41, 5.74) is 3.32. The van der Waals surface area contributed by atoms with Crippen molar-refractivity contribution in [2.75, 3.05) is 20.1 Å². The van der Waals surface area contributed by atoms with Crippen LogP contribution in [0.5, 0.6) is 0 Å². The standard InChI is InChI=1S/C16H24N2O/c1-12-5-6-14(13(2)9-12)15(19)18-11-16(10-17-3)7-4-8-16/h5-6,9,17H,4,7-8,10-11H2,1-3H3,(H,18,19). The molecule has 0 saturated heterocycles. The van der Waals surface area contributed by atoms with Crippen molar-refractivity contribution in [2.45, 2.75) is 33.1 Å². The van der Waals surface area contributed by atoms with Gasteiger partial charge in [-0.3, -0.25) is 4.79 Å². The molecule has 1 aliphatic rings. The van der Waals surface area contributed by atoms with Crippen LogP contribution < -0.4 is 10.6 Å². The van der Waals surface area contributed by atoms with E-state index in [2.05, 4.69) is 16.7 Å². The van der Waals surface area contributed by atoms with Crippen LogP contribution in [0.4, 0.5) is 0 Å². The highest BCUT2D eigenvalue weighted by atomic mass is 16.1. The van der Waals surface area contributed by atoms with Crippen LogP contribution in [0, 0.1) is 19.3 Å². The lowest BCUT2D eigenvalue weighted by molar-refractivity contribution is 0.0861. The van der Waals surface area contributed by atoms with Gasteiger partial charge in [-0.1, -0.05) is 24.1 Å². The van der Waals surface area contributed by atoms with Gasteiger partial charge in [0.1, 0.15) is 0 Å². The molecule has 0 heterocycles. The van der Waals surface area contributed by atoms with E-state index in [-0.39, 0.29) is 11.3 Å². The summed E-state index contributed by atoms with van der Waals surface area (Å²) >= 11 is 0. The number of hydrogen-bond donors (Lipinski definition) is 2. The maximum absolute atomic E-state index is 12.2. The van der Waals surface area contributed by atoms with Crippen molar-refractivity contribution >= 4 is 5.91 Å². The molecular weight excluding hydrogens is 236 g/mol. The second kappa shape index (κ2) is 5.74. The Balaban J connectivity index is 1.97. The van der Waals surface area contributed by atoms with Gasteiger partial charge in [0.2, 0.25) is 0 Å². The average molecular weight is 260 g/mol. The Kier molecular flexibility index (Phi) is 4.25. The molecule has 1 aliphatic carbocycles. The lowest BCUT2D eigenvalue weighted by Crippen LogP contribution is -2.47. The van der Waals surface area contributed by atoms with E-state index in [1.807, 2.05) is 33.0 Å². The third-order valence-corrected chi connectivity index (χ3v) is 4.22. The zero-order chi connectivity index (χ0) is 13.9. The quantitative estimate of drug-likeness (QED) is 0.853. The Labute approximate surface area is 115 Å². The first-order valence-electron chi connectivity index (χ1n) is 7.06. The Bertz CT molecular complexity index is 464. The van der Waals surface area contributed by atoms with Crippen LogP contribution in [0.1, 0.15) is 40.7 Å². The summed E-state index contributed by atoms with van der Waals surface area (Å²) < 4.78 is 0. The highest BCUT2D eigenvalue weighted by molar-refractivity contribution is 5.95. The molecule has 104 valence electrons. The monoisotopic (exact) mass is 260 g/mol. The minimum absolute atomic E-state index is 0.0554. The molecule has 0 aromatic heterocycles. The molecule has 0 radical (unpaired) electrons. The van der Waals surface area contributed by atoms with Gasteiger partial charge in [0.05, 0.1) is 0 Å². The largest absolute Gasteiger partial charge is 0.351 e. The van der Waals surface area contributed by atoms with Crippen LogP contribution in [0.2, 0.25) is 0 Å². The molecule has 0 spiro atoms. The molecule has 3 heteroatoms. The number of hydrogen-bond acceptors (Lipinski definition) is 2. The Morgan fingerprint density at radius 1 is 1.26 bits per heavy atom. The van der Waals surface area contributed by atoms with E-state index in [9.17, 15) is 4.79 Å². The number of carbonyl (C=O) groups is 1. The number of carbonyl (C=O) groups excluding carboxylic acids is 1. The molecule has 1 aromatic rings. The van der Waals surface area contributed by atoms with Crippen LogP contribution in [0.15, 0.2) is 18.2 Å². The molecule has 0 bridgehead atoms. The van der Waals surface area contributed by atoms with E-state index >= 15 is 0 Å². The van der Waals surface area contributed by atoms with Crippen LogP contribution >= 0.6 is 0 Å². The number of rotatable bonds is 5. The lowest BCUT2D eigenvalue weighted by atomic mass is 9.68. The van der Waals surface area contributed by atoms with Gasteiger partial charge >= 0.3 is 0 Å². The zero-order valence-corrected chi connectivity index (χ0v) is 12.2. The molecule has 1 amide bonds. The summed E-state index contributed by atoms with van der Waals surface area (Å²) in [5, 5.41) is 6.35. The van der Waals surface area contributed by atoms with E-state index in [0.717, 1.165) is 24.2 Å². The molecule has 2 N–H and O–H groups in total. The Hall–Kier alpha value is -1.35. The predicted octanol–water partition coefficient (Wildman–Crippen LogP) is 2.42. The van der Waals surface area contributed by atoms with Crippen molar-refractivity contribution in [2.24, 2.45) is 5.41 Å². The van der Waals surface area contributed by atoms with E-state index in [0.29, 0.717) is 0 Å². The molecule has 0 unspecified atom stereocenters. The molecule has 0 aliphatic heterocycles. The van der Waals surface area contributed by atoms with Gasteiger partial charge in [-0.15, -0.1) is 0 Å². The summed E-state index contributed by atoms with van der Waals surface area (Å²) in [6.07, 6.45) is 3.70. The first kappa shape index (κ1) is 14.1. The van der Waals surface area contributed by atoms with Gasteiger partial charge in [-0.25, -0.2) is 0 Å². The maximum atomic E-state index is 12.2. The van der Waals surface area contributed by atoms with Crippen molar-refractivity contribution in [1.82, 2.24) is 10.6 Å². The van der Waals surface area contributed by atoms with Crippen LogP contribution in [0.3, 0.4) is 0 Å². The Morgan fingerprint density at radius 3 is 2.53 bits per heavy atom. The van der Waals surface area contributed by atoms with E-state index < -0.39 is 0 Å². The average Bonchev–Trinajstić information content (AvgIpc) is 2.32. The summed E-state index contributed by atoms with van der Waals surface area (Å²) in [7, 11) is 1.98. The summed E-state index contributed by atoms with van der Waals surface area (Å²) in [6, 6.07) is 5.97. The van der Waals surface area contributed by atoms with Crippen LogP contribution in [-0.4, -0.2) is 26.0 Å². The maximum Gasteiger partial charge on any atom is 0.251 e. The molecule has 3 nitrogen and oxygen atoms in total. The van der Waals surface area contributed by atoms with E-state index in [1.165, 1.54) is 24.8 Å². The normalized spacial score (nSPS) is 16.8. The van der Waals surface area contributed by atoms with Crippen molar-refractivity contribution in [1.29, 1.82) is 0 Å². The fraction of sp³-hybridized carbons (Fsp3) is 0.562. The number of benzene rings is 1. The van der Waals surface area contributed by atoms with Crippen molar-refractivity contribution in [3.8, 4) is 0 Å². The van der Waals surface area contributed by atoms with Gasteiger partial charge in [0.25, 0.3) is 5.91 Å². The Morgan fingerprint density at radius 2 is 2.00 bits per heavy atom. The highest BCUT2D eigenvalue weighted by Crippen LogP contribution is 2.39. The smallest absolute Gasteiger partial charge is 0.251 e. The fourth-order valence-corrected chi connectivity index (χ4v) is 2.90. The second-order valence-electron chi connectivity index (χ2n) is 5.88. The van der Waals surface area contributed by atoms with Crippen LogP contribution in [-0.2, 0) is 0 Å². The molecule has 1 aromatic carbocycles.